The molecule has 0 spiro atoms. The zero-order valence-electron chi connectivity index (χ0n) is 12.0. The van der Waals surface area contributed by atoms with Crippen molar-refractivity contribution in [3.8, 4) is 0 Å². The SMILES string of the molecule is Cc1ccc(CN(C)c2nccn3nc(C)cc23)cc1. The van der Waals surface area contributed by atoms with Crippen molar-refractivity contribution in [3.05, 3.63) is 59.5 Å². The molecule has 3 rings (SSSR count). The van der Waals surface area contributed by atoms with Crippen molar-refractivity contribution in [3.63, 3.8) is 0 Å². The molecule has 0 N–H and O–H groups in total. The lowest BCUT2D eigenvalue weighted by Gasteiger charge is -2.19. The fraction of sp³-hybridized carbons (Fsp3) is 0.250. The van der Waals surface area contributed by atoms with Crippen LogP contribution in [0.2, 0.25) is 0 Å². The summed E-state index contributed by atoms with van der Waals surface area (Å²) in [6.07, 6.45) is 3.67. The van der Waals surface area contributed by atoms with Crippen LogP contribution >= 0.6 is 0 Å². The van der Waals surface area contributed by atoms with Crippen molar-refractivity contribution in [2.45, 2.75) is 20.4 Å². The molecule has 0 aliphatic carbocycles. The van der Waals surface area contributed by atoms with Gasteiger partial charge in [0.15, 0.2) is 5.82 Å². The van der Waals surface area contributed by atoms with Gasteiger partial charge >= 0.3 is 0 Å². The summed E-state index contributed by atoms with van der Waals surface area (Å²) < 4.78 is 1.88. The maximum Gasteiger partial charge on any atom is 0.154 e. The van der Waals surface area contributed by atoms with Gasteiger partial charge in [-0.05, 0) is 25.5 Å². The van der Waals surface area contributed by atoms with Gasteiger partial charge in [0, 0.05) is 26.0 Å². The third kappa shape index (κ3) is 2.37. The first-order valence-corrected chi connectivity index (χ1v) is 6.71. The Morgan fingerprint density at radius 1 is 1.15 bits per heavy atom. The van der Waals surface area contributed by atoms with E-state index in [9.17, 15) is 0 Å². The molecule has 0 fully saturated rings. The summed E-state index contributed by atoms with van der Waals surface area (Å²) in [4.78, 5) is 6.65. The summed E-state index contributed by atoms with van der Waals surface area (Å²) in [5, 5.41) is 4.42. The molecule has 1 aromatic carbocycles. The molecule has 0 bridgehead atoms. The van der Waals surface area contributed by atoms with E-state index in [1.807, 2.05) is 17.6 Å². The van der Waals surface area contributed by atoms with Crippen molar-refractivity contribution in [2.75, 3.05) is 11.9 Å². The highest BCUT2D eigenvalue weighted by atomic mass is 15.3. The van der Waals surface area contributed by atoms with Crippen LogP contribution in [0.15, 0.2) is 42.7 Å². The number of aryl methyl sites for hydroxylation is 2. The van der Waals surface area contributed by atoms with Gasteiger partial charge in [-0.2, -0.15) is 5.10 Å². The van der Waals surface area contributed by atoms with Gasteiger partial charge in [-0.15, -0.1) is 0 Å². The molecule has 102 valence electrons. The Kier molecular flexibility index (Phi) is 3.14. The average molecular weight is 266 g/mol. The summed E-state index contributed by atoms with van der Waals surface area (Å²) >= 11 is 0. The van der Waals surface area contributed by atoms with Crippen LogP contribution in [-0.4, -0.2) is 21.6 Å². The van der Waals surface area contributed by atoms with E-state index in [-0.39, 0.29) is 0 Å². The molecule has 0 aliphatic rings. The molecule has 20 heavy (non-hydrogen) atoms. The quantitative estimate of drug-likeness (QED) is 0.730. The highest BCUT2D eigenvalue weighted by molar-refractivity contribution is 5.68. The molecular weight excluding hydrogens is 248 g/mol. The first-order chi connectivity index (χ1) is 9.63. The number of hydrogen-bond donors (Lipinski definition) is 0. The minimum Gasteiger partial charge on any atom is -0.354 e. The van der Waals surface area contributed by atoms with E-state index in [2.05, 4.69) is 59.3 Å². The molecule has 2 aromatic heterocycles. The van der Waals surface area contributed by atoms with Gasteiger partial charge in [-0.1, -0.05) is 29.8 Å². The Bertz CT molecular complexity index is 728. The molecule has 0 radical (unpaired) electrons. The molecule has 3 aromatic rings. The highest BCUT2D eigenvalue weighted by Crippen LogP contribution is 2.20. The summed E-state index contributed by atoms with van der Waals surface area (Å²) in [6, 6.07) is 10.7. The number of rotatable bonds is 3. The third-order valence-electron chi connectivity index (χ3n) is 3.39. The number of nitrogens with zero attached hydrogens (tertiary/aromatic N) is 4. The predicted octanol–water partition coefficient (Wildman–Crippen LogP) is 2.98. The summed E-state index contributed by atoms with van der Waals surface area (Å²) in [7, 11) is 2.06. The van der Waals surface area contributed by atoms with E-state index in [0.29, 0.717) is 0 Å². The third-order valence-corrected chi connectivity index (χ3v) is 3.39. The zero-order chi connectivity index (χ0) is 14.1. The average Bonchev–Trinajstić information content (AvgIpc) is 2.81. The second kappa shape index (κ2) is 4.96. The van der Waals surface area contributed by atoms with Gasteiger partial charge in [0.25, 0.3) is 0 Å². The van der Waals surface area contributed by atoms with E-state index >= 15 is 0 Å². The van der Waals surface area contributed by atoms with E-state index in [1.165, 1.54) is 11.1 Å². The number of hydrogen-bond acceptors (Lipinski definition) is 3. The van der Waals surface area contributed by atoms with Crippen molar-refractivity contribution in [1.82, 2.24) is 14.6 Å². The fourth-order valence-electron chi connectivity index (χ4n) is 2.37. The van der Waals surface area contributed by atoms with E-state index in [0.717, 1.165) is 23.6 Å². The minimum atomic E-state index is 0.831. The van der Waals surface area contributed by atoms with Gasteiger partial charge in [0.2, 0.25) is 0 Å². The monoisotopic (exact) mass is 266 g/mol. The minimum absolute atomic E-state index is 0.831. The summed E-state index contributed by atoms with van der Waals surface area (Å²) in [5.41, 5.74) is 4.60. The molecule has 0 atom stereocenters. The van der Waals surface area contributed by atoms with Crippen LogP contribution in [0.1, 0.15) is 16.8 Å². The normalized spacial score (nSPS) is 10.9. The fourth-order valence-corrected chi connectivity index (χ4v) is 2.37. The van der Waals surface area contributed by atoms with Gasteiger partial charge in [0.1, 0.15) is 5.52 Å². The molecule has 0 amide bonds. The molecule has 4 nitrogen and oxygen atoms in total. The maximum atomic E-state index is 4.50. The molecule has 0 saturated heterocycles. The number of fused-ring (bicyclic) bond motifs is 1. The van der Waals surface area contributed by atoms with Crippen LogP contribution in [0.3, 0.4) is 0 Å². The van der Waals surface area contributed by atoms with Crippen LogP contribution in [-0.2, 0) is 6.54 Å². The van der Waals surface area contributed by atoms with E-state index in [4.69, 9.17) is 0 Å². The van der Waals surface area contributed by atoms with Crippen LogP contribution < -0.4 is 4.90 Å². The lowest BCUT2D eigenvalue weighted by atomic mass is 10.1. The maximum absolute atomic E-state index is 4.50. The second-order valence-corrected chi connectivity index (χ2v) is 5.21. The molecular formula is C16H18N4. The Morgan fingerprint density at radius 2 is 1.90 bits per heavy atom. The highest BCUT2D eigenvalue weighted by Gasteiger charge is 2.10. The lowest BCUT2D eigenvalue weighted by Crippen LogP contribution is -2.18. The topological polar surface area (TPSA) is 33.4 Å². The summed E-state index contributed by atoms with van der Waals surface area (Å²) in [5.74, 6) is 0.952. The number of aromatic nitrogens is 3. The van der Waals surface area contributed by atoms with Gasteiger partial charge in [-0.3, -0.25) is 0 Å². The van der Waals surface area contributed by atoms with Gasteiger partial charge < -0.3 is 4.90 Å². The molecule has 2 heterocycles. The standard InChI is InChI=1S/C16H18N4/c1-12-4-6-14(7-5-12)11-19(3)16-15-10-13(2)18-20(15)9-8-17-16/h4-10H,11H2,1-3H3. The van der Waals surface area contributed by atoms with Crippen molar-refractivity contribution in [1.29, 1.82) is 0 Å². The van der Waals surface area contributed by atoms with Crippen LogP contribution in [0.25, 0.3) is 5.52 Å². The van der Waals surface area contributed by atoms with Crippen molar-refractivity contribution < 1.29 is 0 Å². The molecule has 0 saturated carbocycles. The van der Waals surface area contributed by atoms with Crippen molar-refractivity contribution >= 4 is 11.3 Å². The summed E-state index contributed by atoms with van der Waals surface area (Å²) in [6.45, 7) is 4.93. The second-order valence-electron chi connectivity index (χ2n) is 5.21. The first kappa shape index (κ1) is 12.7. The smallest absolute Gasteiger partial charge is 0.154 e. The van der Waals surface area contributed by atoms with Crippen LogP contribution in [0.4, 0.5) is 5.82 Å². The zero-order valence-corrected chi connectivity index (χ0v) is 12.0. The number of benzene rings is 1. The Hall–Kier alpha value is -2.36. The largest absolute Gasteiger partial charge is 0.354 e. The Balaban J connectivity index is 1.92. The number of anilines is 1. The van der Waals surface area contributed by atoms with Crippen LogP contribution in [0, 0.1) is 13.8 Å². The molecule has 0 unspecified atom stereocenters. The Morgan fingerprint density at radius 3 is 2.65 bits per heavy atom. The predicted molar refractivity (Wildman–Crippen MR) is 81.0 cm³/mol. The van der Waals surface area contributed by atoms with Crippen LogP contribution in [0.5, 0.6) is 0 Å². The Labute approximate surface area is 118 Å². The van der Waals surface area contributed by atoms with Crippen molar-refractivity contribution in [2.24, 2.45) is 0 Å². The first-order valence-electron chi connectivity index (χ1n) is 6.71. The van der Waals surface area contributed by atoms with E-state index in [1.54, 1.807) is 6.20 Å². The van der Waals surface area contributed by atoms with Gasteiger partial charge in [-0.25, -0.2) is 9.50 Å². The van der Waals surface area contributed by atoms with E-state index < -0.39 is 0 Å². The lowest BCUT2D eigenvalue weighted by molar-refractivity contribution is 0.871. The van der Waals surface area contributed by atoms with Gasteiger partial charge in [0.05, 0.1) is 5.69 Å². The molecule has 4 heteroatoms. The molecule has 0 aliphatic heterocycles.